The molecule has 1 saturated heterocycles. The average Bonchev–Trinajstić information content (AvgIpc) is 3.25. The first kappa shape index (κ1) is 21.8. The number of rotatable bonds is 4. The Morgan fingerprint density at radius 3 is 2.38 bits per heavy atom. The van der Waals surface area contributed by atoms with Gasteiger partial charge >= 0.3 is 0 Å². The zero-order chi connectivity index (χ0) is 23.8. The Hall–Kier alpha value is -4.02. The van der Waals surface area contributed by atoms with Crippen molar-refractivity contribution in [3.05, 3.63) is 87.2 Å². The van der Waals surface area contributed by atoms with Crippen molar-refractivity contribution in [2.75, 3.05) is 13.1 Å². The highest BCUT2D eigenvalue weighted by Gasteiger charge is 2.28. The van der Waals surface area contributed by atoms with Crippen LogP contribution in [0.3, 0.4) is 0 Å². The molecule has 0 spiro atoms. The van der Waals surface area contributed by atoms with Crippen LogP contribution in [0.1, 0.15) is 40.5 Å². The number of nitrogens with zero attached hydrogens (tertiary/aromatic N) is 5. The van der Waals surface area contributed by atoms with Crippen molar-refractivity contribution in [3.63, 3.8) is 0 Å². The van der Waals surface area contributed by atoms with Crippen molar-refractivity contribution in [2.24, 2.45) is 0 Å². The SMILES string of the molecule is O=C(c1ccccc1F)N1CCC(c2nc3c(nnn3Cc3c(F)cccc3F)c(=O)[nH]2)CC1. The Labute approximate surface area is 191 Å². The van der Waals surface area contributed by atoms with Crippen LogP contribution >= 0.6 is 0 Å². The second-order valence-corrected chi connectivity index (χ2v) is 8.12. The van der Waals surface area contributed by atoms with Gasteiger partial charge < -0.3 is 9.88 Å². The molecule has 0 atom stereocenters. The van der Waals surface area contributed by atoms with E-state index in [1.165, 1.54) is 28.9 Å². The van der Waals surface area contributed by atoms with Gasteiger partial charge in [-0.3, -0.25) is 9.59 Å². The number of nitrogens with one attached hydrogen (secondary N) is 1. The quantitative estimate of drug-likeness (QED) is 0.497. The van der Waals surface area contributed by atoms with Gasteiger partial charge in [0.1, 0.15) is 23.3 Å². The zero-order valence-electron chi connectivity index (χ0n) is 17.8. The Kier molecular flexibility index (Phi) is 5.60. The van der Waals surface area contributed by atoms with Crippen LogP contribution in [-0.2, 0) is 6.54 Å². The lowest BCUT2D eigenvalue weighted by molar-refractivity contribution is 0.0706. The van der Waals surface area contributed by atoms with Crippen LogP contribution in [0.4, 0.5) is 13.2 Å². The maximum absolute atomic E-state index is 14.1. The number of carbonyl (C=O) groups excluding carboxylic acids is 1. The smallest absolute Gasteiger partial charge is 0.281 e. The van der Waals surface area contributed by atoms with Gasteiger partial charge in [-0.2, -0.15) is 0 Å². The van der Waals surface area contributed by atoms with Crippen LogP contribution in [0.25, 0.3) is 11.2 Å². The minimum Gasteiger partial charge on any atom is -0.339 e. The van der Waals surface area contributed by atoms with Gasteiger partial charge in [0.05, 0.1) is 12.1 Å². The molecule has 4 aromatic rings. The molecule has 11 heteroatoms. The third-order valence-electron chi connectivity index (χ3n) is 6.03. The lowest BCUT2D eigenvalue weighted by Gasteiger charge is -2.31. The predicted molar refractivity (Wildman–Crippen MR) is 116 cm³/mol. The van der Waals surface area contributed by atoms with E-state index in [4.69, 9.17) is 0 Å². The minimum absolute atomic E-state index is 0.0178. The molecule has 8 nitrogen and oxygen atoms in total. The number of H-pyrrole nitrogens is 1. The van der Waals surface area contributed by atoms with Gasteiger partial charge in [0.25, 0.3) is 11.5 Å². The minimum atomic E-state index is -0.736. The van der Waals surface area contributed by atoms with E-state index in [9.17, 15) is 22.8 Å². The monoisotopic (exact) mass is 468 g/mol. The van der Waals surface area contributed by atoms with Crippen LogP contribution < -0.4 is 5.56 Å². The molecule has 34 heavy (non-hydrogen) atoms. The van der Waals surface area contributed by atoms with E-state index in [0.29, 0.717) is 31.8 Å². The van der Waals surface area contributed by atoms with Crippen LogP contribution in [0.15, 0.2) is 47.3 Å². The van der Waals surface area contributed by atoms with Crippen LogP contribution in [0.2, 0.25) is 0 Å². The van der Waals surface area contributed by atoms with Crippen molar-refractivity contribution in [2.45, 2.75) is 25.3 Å². The third-order valence-corrected chi connectivity index (χ3v) is 6.03. The fourth-order valence-corrected chi connectivity index (χ4v) is 4.18. The van der Waals surface area contributed by atoms with Crippen LogP contribution in [-0.4, -0.2) is 48.9 Å². The van der Waals surface area contributed by atoms with Gasteiger partial charge in [-0.25, -0.2) is 22.8 Å². The summed E-state index contributed by atoms with van der Waals surface area (Å²) in [7, 11) is 0. The maximum atomic E-state index is 14.1. The fourth-order valence-electron chi connectivity index (χ4n) is 4.18. The molecular formula is C23H19F3N6O2. The zero-order valence-corrected chi connectivity index (χ0v) is 17.8. The number of hydrogen-bond acceptors (Lipinski definition) is 5. The lowest BCUT2D eigenvalue weighted by Crippen LogP contribution is -2.38. The summed E-state index contributed by atoms with van der Waals surface area (Å²) in [5.41, 5.74) is -0.619. The van der Waals surface area contributed by atoms with Gasteiger partial charge in [-0.05, 0) is 37.1 Å². The molecule has 0 unspecified atom stereocenters. The first-order valence-electron chi connectivity index (χ1n) is 10.7. The van der Waals surface area contributed by atoms with Crippen LogP contribution in [0, 0.1) is 17.5 Å². The third kappa shape index (κ3) is 3.93. The molecular weight excluding hydrogens is 449 g/mol. The van der Waals surface area contributed by atoms with E-state index in [-0.39, 0.29) is 40.7 Å². The molecule has 3 heterocycles. The van der Waals surface area contributed by atoms with E-state index in [0.717, 1.165) is 12.1 Å². The normalized spacial score (nSPS) is 14.6. The summed E-state index contributed by atoms with van der Waals surface area (Å²) < 4.78 is 43.4. The molecule has 1 fully saturated rings. The van der Waals surface area contributed by atoms with E-state index >= 15 is 0 Å². The second-order valence-electron chi connectivity index (χ2n) is 8.12. The number of halogens is 3. The Morgan fingerprint density at radius 2 is 1.68 bits per heavy atom. The van der Waals surface area contributed by atoms with Crippen molar-refractivity contribution < 1.29 is 18.0 Å². The summed E-state index contributed by atoms with van der Waals surface area (Å²) in [5, 5.41) is 7.67. The van der Waals surface area contributed by atoms with Crippen molar-refractivity contribution in [3.8, 4) is 0 Å². The summed E-state index contributed by atoms with van der Waals surface area (Å²) >= 11 is 0. The summed E-state index contributed by atoms with van der Waals surface area (Å²) in [5.74, 6) is -2.22. The number of carbonyl (C=O) groups is 1. The summed E-state index contributed by atoms with van der Waals surface area (Å²) in [6.07, 6.45) is 0.996. The number of aromatic nitrogens is 5. The molecule has 174 valence electrons. The summed E-state index contributed by atoms with van der Waals surface area (Å²) in [6, 6.07) is 9.36. The Bertz CT molecular complexity index is 1420. The molecule has 5 rings (SSSR count). The number of aromatic amines is 1. The lowest BCUT2D eigenvalue weighted by atomic mass is 9.95. The highest BCUT2D eigenvalue weighted by molar-refractivity contribution is 5.94. The topological polar surface area (TPSA) is 96.8 Å². The summed E-state index contributed by atoms with van der Waals surface area (Å²) in [6.45, 7) is 0.440. The van der Waals surface area contributed by atoms with E-state index < -0.39 is 23.0 Å². The first-order valence-corrected chi connectivity index (χ1v) is 10.7. The number of likely N-dealkylation sites (tertiary alicyclic amines) is 1. The van der Waals surface area contributed by atoms with Crippen molar-refractivity contribution in [1.29, 1.82) is 0 Å². The second kappa shape index (κ2) is 8.73. The largest absolute Gasteiger partial charge is 0.339 e. The molecule has 1 aliphatic rings. The van der Waals surface area contributed by atoms with Gasteiger partial charge in [0, 0.05) is 24.6 Å². The first-order chi connectivity index (χ1) is 16.4. The molecule has 1 amide bonds. The fraction of sp³-hybridized carbons (Fsp3) is 0.261. The number of benzene rings is 2. The number of piperidine rings is 1. The van der Waals surface area contributed by atoms with E-state index in [2.05, 4.69) is 20.3 Å². The predicted octanol–water partition coefficient (Wildman–Crippen LogP) is 3.00. The van der Waals surface area contributed by atoms with E-state index in [1.54, 1.807) is 11.0 Å². The molecule has 0 aliphatic carbocycles. The highest BCUT2D eigenvalue weighted by atomic mass is 19.1. The van der Waals surface area contributed by atoms with Gasteiger partial charge in [-0.1, -0.05) is 23.4 Å². The van der Waals surface area contributed by atoms with E-state index in [1.807, 2.05) is 0 Å². The Balaban J connectivity index is 1.38. The maximum Gasteiger partial charge on any atom is 0.281 e. The highest BCUT2D eigenvalue weighted by Crippen LogP contribution is 2.27. The molecule has 0 radical (unpaired) electrons. The summed E-state index contributed by atoms with van der Waals surface area (Å²) in [4.78, 5) is 34.0. The average molecular weight is 468 g/mol. The molecule has 1 N–H and O–H groups in total. The molecule has 2 aromatic carbocycles. The van der Waals surface area contributed by atoms with Crippen molar-refractivity contribution >= 4 is 17.1 Å². The standard InChI is InChI=1S/C23H19F3N6O2/c24-16-5-2-1-4-14(16)23(34)31-10-8-13(9-11-31)20-27-21-19(22(33)28-20)29-30-32(21)12-15-17(25)6-3-7-18(15)26/h1-7,13H,8-12H2,(H,27,28,33). The Morgan fingerprint density at radius 1 is 1.00 bits per heavy atom. The van der Waals surface area contributed by atoms with Crippen LogP contribution in [0.5, 0.6) is 0 Å². The molecule has 2 aromatic heterocycles. The van der Waals surface area contributed by atoms with Gasteiger partial charge in [0.15, 0.2) is 11.2 Å². The molecule has 0 saturated carbocycles. The number of hydrogen-bond donors (Lipinski definition) is 1. The number of amides is 1. The van der Waals surface area contributed by atoms with Crippen molar-refractivity contribution in [1.82, 2.24) is 29.9 Å². The van der Waals surface area contributed by atoms with Gasteiger partial charge in [-0.15, -0.1) is 5.10 Å². The molecule has 1 aliphatic heterocycles. The number of fused-ring (bicyclic) bond motifs is 1. The molecule has 0 bridgehead atoms. The van der Waals surface area contributed by atoms with Gasteiger partial charge in [0.2, 0.25) is 0 Å².